The van der Waals surface area contributed by atoms with Gasteiger partial charge < -0.3 is 10.6 Å². The van der Waals surface area contributed by atoms with Crippen molar-refractivity contribution in [2.45, 2.75) is 19.9 Å². The minimum absolute atomic E-state index is 0.163. The summed E-state index contributed by atoms with van der Waals surface area (Å²) in [6.45, 7) is 3.61. The average molecular weight is 339 g/mol. The largest absolute Gasteiger partial charge is 0.340 e. The average Bonchev–Trinajstić information content (AvgIpc) is 2.59. The Morgan fingerprint density at radius 2 is 1.80 bits per heavy atom. The SMILES string of the molecule is CC(C)[C@@H](NC(=O)c1ccc(F)cc1)C(=O)Nc1cccc(C#N)c1. The van der Waals surface area contributed by atoms with Gasteiger partial charge in [0, 0.05) is 11.3 Å². The molecule has 2 rings (SSSR count). The number of hydrogen-bond acceptors (Lipinski definition) is 3. The second kappa shape index (κ2) is 8.06. The van der Waals surface area contributed by atoms with Gasteiger partial charge in [0.1, 0.15) is 11.9 Å². The van der Waals surface area contributed by atoms with Crippen LogP contribution in [0.25, 0.3) is 0 Å². The first-order valence-electron chi connectivity index (χ1n) is 7.78. The molecule has 0 aromatic heterocycles. The highest BCUT2D eigenvalue weighted by molar-refractivity contribution is 6.01. The lowest BCUT2D eigenvalue weighted by atomic mass is 10.0. The van der Waals surface area contributed by atoms with E-state index in [1.165, 1.54) is 24.3 Å². The molecule has 0 spiro atoms. The first-order chi connectivity index (χ1) is 11.9. The van der Waals surface area contributed by atoms with E-state index in [4.69, 9.17) is 5.26 Å². The van der Waals surface area contributed by atoms with Crippen molar-refractivity contribution in [3.05, 3.63) is 65.5 Å². The van der Waals surface area contributed by atoms with Crippen LogP contribution in [0, 0.1) is 23.1 Å². The molecule has 2 N–H and O–H groups in total. The molecule has 0 saturated carbocycles. The van der Waals surface area contributed by atoms with E-state index in [0.29, 0.717) is 11.3 Å². The van der Waals surface area contributed by atoms with E-state index in [-0.39, 0.29) is 17.4 Å². The van der Waals surface area contributed by atoms with Gasteiger partial charge in [0.05, 0.1) is 11.6 Å². The summed E-state index contributed by atoms with van der Waals surface area (Å²) in [5.74, 6) is -1.45. The number of rotatable bonds is 5. The van der Waals surface area contributed by atoms with Crippen molar-refractivity contribution in [1.82, 2.24) is 5.32 Å². The predicted molar refractivity (Wildman–Crippen MR) is 92.3 cm³/mol. The Morgan fingerprint density at radius 1 is 1.12 bits per heavy atom. The standard InChI is InChI=1S/C19H18FN3O2/c1-12(2)17(23-18(24)14-6-8-15(20)9-7-14)19(25)22-16-5-3-4-13(10-16)11-21/h3-10,12,17H,1-2H3,(H,22,25)(H,23,24)/t17-/m1/s1. The van der Waals surface area contributed by atoms with Gasteiger partial charge in [0.25, 0.3) is 5.91 Å². The zero-order chi connectivity index (χ0) is 18.4. The van der Waals surface area contributed by atoms with Crippen LogP contribution in [0.1, 0.15) is 29.8 Å². The Hall–Kier alpha value is -3.20. The third-order valence-corrected chi connectivity index (χ3v) is 3.60. The van der Waals surface area contributed by atoms with Crippen molar-refractivity contribution in [3.63, 3.8) is 0 Å². The summed E-state index contributed by atoms with van der Waals surface area (Å²) in [5, 5.41) is 14.3. The number of amides is 2. The zero-order valence-electron chi connectivity index (χ0n) is 13.9. The maximum absolute atomic E-state index is 13.0. The number of anilines is 1. The van der Waals surface area contributed by atoms with Crippen molar-refractivity contribution in [2.75, 3.05) is 5.32 Å². The molecule has 0 fully saturated rings. The zero-order valence-corrected chi connectivity index (χ0v) is 13.9. The lowest BCUT2D eigenvalue weighted by Crippen LogP contribution is -2.47. The van der Waals surface area contributed by atoms with Crippen LogP contribution in [-0.4, -0.2) is 17.9 Å². The number of carbonyl (C=O) groups is 2. The molecular formula is C19H18FN3O2. The second-order valence-electron chi connectivity index (χ2n) is 5.88. The number of halogens is 1. The fourth-order valence-electron chi connectivity index (χ4n) is 2.25. The van der Waals surface area contributed by atoms with E-state index in [1.807, 2.05) is 6.07 Å². The number of benzene rings is 2. The van der Waals surface area contributed by atoms with Gasteiger partial charge in [-0.15, -0.1) is 0 Å². The van der Waals surface area contributed by atoms with E-state index in [2.05, 4.69) is 10.6 Å². The van der Waals surface area contributed by atoms with Crippen molar-refractivity contribution >= 4 is 17.5 Å². The predicted octanol–water partition coefficient (Wildman–Crippen LogP) is 3.09. The Balaban J connectivity index is 2.11. The minimum atomic E-state index is -0.775. The Morgan fingerprint density at radius 3 is 2.40 bits per heavy atom. The summed E-state index contributed by atoms with van der Waals surface area (Å²) < 4.78 is 13.0. The van der Waals surface area contributed by atoms with E-state index in [0.717, 1.165) is 0 Å². The van der Waals surface area contributed by atoms with E-state index in [1.54, 1.807) is 38.1 Å². The Kier molecular flexibility index (Phi) is 5.85. The van der Waals surface area contributed by atoms with E-state index >= 15 is 0 Å². The molecule has 0 aliphatic rings. The van der Waals surface area contributed by atoms with Crippen LogP contribution in [0.3, 0.4) is 0 Å². The number of nitrogens with one attached hydrogen (secondary N) is 2. The molecule has 0 saturated heterocycles. The van der Waals surface area contributed by atoms with Crippen LogP contribution >= 0.6 is 0 Å². The van der Waals surface area contributed by atoms with Gasteiger partial charge >= 0.3 is 0 Å². The molecule has 2 amide bonds. The second-order valence-corrected chi connectivity index (χ2v) is 5.88. The van der Waals surface area contributed by atoms with Gasteiger partial charge in [0.15, 0.2) is 0 Å². The minimum Gasteiger partial charge on any atom is -0.340 e. The summed E-state index contributed by atoms with van der Waals surface area (Å²) in [7, 11) is 0. The summed E-state index contributed by atoms with van der Waals surface area (Å²) >= 11 is 0. The molecule has 0 bridgehead atoms. The topological polar surface area (TPSA) is 82.0 Å². The molecule has 25 heavy (non-hydrogen) atoms. The van der Waals surface area contributed by atoms with Crippen LogP contribution in [0.15, 0.2) is 48.5 Å². The van der Waals surface area contributed by atoms with Crippen LogP contribution < -0.4 is 10.6 Å². The van der Waals surface area contributed by atoms with Crippen molar-refractivity contribution in [3.8, 4) is 6.07 Å². The van der Waals surface area contributed by atoms with E-state index in [9.17, 15) is 14.0 Å². The number of hydrogen-bond donors (Lipinski definition) is 2. The fourth-order valence-corrected chi connectivity index (χ4v) is 2.25. The fraction of sp³-hybridized carbons (Fsp3) is 0.211. The van der Waals surface area contributed by atoms with Crippen molar-refractivity contribution in [1.29, 1.82) is 5.26 Å². The first kappa shape index (κ1) is 18.1. The summed E-state index contributed by atoms with van der Waals surface area (Å²) in [5.41, 5.74) is 1.17. The quantitative estimate of drug-likeness (QED) is 0.878. The number of carbonyl (C=O) groups excluding carboxylic acids is 2. The van der Waals surface area contributed by atoms with Crippen molar-refractivity contribution < 1.29 is 14.0 Å². The van der Waals surface area contributed by atoms with Crippen LogP contribution in [0.5, 0.6) is 0 Å². The van der Waals surface area contributed by atoms with Crippen molar-refractivity contribution in [2.24, 2.45) is 5.92 Å². The number of nitriles is 1. The monoisotopic (exact) mass is 339 g/mol. The molecule has 5 nitrogen and oxygen atoms in total. The highest BCUT2D eigenvalue weighted by Crippen LogP contribution is 2.13. The van der Waals surface area contributed by atoms with Gasteiger partial charge in [-0.05, 0) is 48.4 Å². The molecule has 0 unspecified atom stereocenters. The smallest absolute Gasteiger partial charge is 0.251 e. The Bertz CT molecular complexity index is 810. The summed E-state index contributed by atoms with van der Waals surface area (Å²) in [4.78, 5) is 24.8. The molecule has 128 valence electrons. The van der Waals surface area contributed by atoms with Gasteiger partial charge in [-0.3, -0.25) is 9.59 Å². The van der Waals surface area contributed by atoms with E-state index < -0.39 is 17.8 Å². The molecule has 0 radical (unpaired) electrons. The highest BCUT2D eigenvalue weighted by Gasteiger charge is 2.24. The normalized spacial score (nSPS) is 11.5. The molecular weight excluding hydrogens is 321 g/mol. The maximum Gasteiger partial charge on any atom is 0.251 e. The molecule has 2 aromatic carbocycles. The van der Waals surface area contributed by atoms with Gasteiger partial charge in [-0.25, -0.2) is 4.39 Å². The molecule has 0 heterocycles. The summed E-state index contributed by atoms with van der Waals surface area (Å²) in [6, 6.07) is 12.8. The molecule has 0 aliphatic carbocycles. The molecule has 0 aliphatic heterocycles. The highest BCUT2D eigenvalue weighted by atomic mass is 19.1. The van der Waals surface area contributed by atoms with Crippen LogP contribution in [0.2, 0.25) is 0 Å². The lowest BCUT2D eigenvalue weighted by Gasteiger charge is -2.22. The third kappa shape index (κ3) is 4.88. The Labute approximate surface area is 145 Å². The van der Waals surface area contributed by atoms with Gasteiger partial charge in [-0.2, -0.15) is 5.26 Å². The van der Waals surface area contributed by atoms with Crippen LogP contribution in [-0.2, 0) is 4.79 Å². The first-order valence-corrected chi connectivity index (χ1v) is 7.78. The molecule has 1 atom stereocenters. The maximum atomic E-state index is 13.0. The molecule has 2 aromatic rings. The molecule has 6 heteroatoms. The summed E-state index contributed by atoms with van der Waals surface area (Å²) in [6.07, 6.45) is 0. The van der Waals surface area contributed by atoms with Gasteiger partial charge in [0.2, 0.25) is 5.91 Å². The third-order valence-electron chi connectivity index (χ3n) is 3.60. The lowest BCUT2D eigenvalue weighted by molar-refractivity contribution is -0.118. The number of nitrogens with zero attached hydrogens (tertiary/aromatic N) is 1. The van der Waals surface area contributed by atoms with Crippen LogP contribution in [0.4, 0.5) is 10.1 Å². The van der Waals surface area contributed by atoms with Gasteiger partial charge in [-0.1, -0.05) is 19.9 Å².